The maximum atomic E-state index is 12.4. The van der Waals surface area contributed by atoms with Gasteiger partial charge < -0.3 is 4.74 Å². The van der Waals surface area contributed by atoms with Gasteiger partial charge in [-0.25, -0.2) is 9.97 Å². The number of ketones is 1. The van der Waals surface area contributed by atoms with Gasteiger partial charge in [0.1, 0.15) is 12.0 Å². The Bertz CT molecular complexity index is 624. The lowest BCUT2D eigenvalue weighted by atomic mass is 10.1. The van der Waals surface area contributed by atoms with Gasteiger partial charge in [-0.05, 0) is 12.1 Å². The second-order valence-electron chi connectivity index (χ2n) is 3.85. The summed E-state index contributed by atoms with van der Waals surface area (Å²) in [5.74, 6) is -0.297. The van der Waals surface area contributed by atoms with Crippen molar-refractivity contribution in [1.82, 2.24) is 9.97 Å². The van der Waals surface area contributed by atoms with Crippen LogP contribution in [0.1, 0.15) is 21.6 Å². The molecule has 2 rings (SSSR count). The molecule has 0 saturated heterocycles. The summed E-state index contributed by atoms with van der Waals surface area (Å²) >= 11 is 0. The molecule has 0 amide bonds. The van der Waals surface area contributed by atoms with Crippen LogP contribution in [0, 0.1) is 0 Å². The van der Waals surface area contributed by atoms with Crippen molar-refractivity contribution in [2.75, 3.05) is 7.11 Å². The number of methoxy groups -OCH3 is 1. The van der Waals surface area contributed by atoms with Crippen LogP contribution in [0.5, 0.6) is 5.88 Å². The number of aromatic nitrogens is 2. The fourth-order valence-corrected chi connectivity index (χ4v) is 1.53. The summed E-state index contributed by atoms with van der Waals surface area (Å²) in [5.41, 5.74) is -0.648. The van der Waals surface area contributed by atoms with Crippen molar-refractivity contribution in [1.29, 1.82) is 0 Å². The maximum Gasteiger partial charge on any atom is 0.416 e. The second-order valence-corrected chi connectivity index (χ2v) is 3.85. The van der Waals surface area contributed by atoms with Crippen molar-refractivity contribution in [2.45, 2.75) is 6.18 Å². The molecule has 0 N–H and O–H groups in total. The first-order chi connectivity index (χ1) is 9.41. The number of carbonyl (C=O) groups is 1. The summed E-state index contributed by atoms with van der Waals surface area (Å²) in [6.07, 6.45) is -3.28. The molecule has 0 fully saturated rings. The molecular formula is C13H9F3N2O2. The predicted molar refractivity (Wildman–Crippen MR) is 63.5 cm³/mol. The van der Waals surface area contributed by atoms with Crippen LogP contribution < -0.4 is 4.74 Å². The molecule has 0 radical (unpaired) electrons. The summed E-state index contributed by atoms with van der Waals surface area (Å²) in [6, 6.07) is 5.25. The summed E-state index contributed by atoms with van der Waals surface area (Å²) in [4.78, 5) is 19.6. The standard InChI is InChI=1S/C13H9F3N2O2/c1-20-11-6-10(17-7-18-11)12(19)8-2-4-9(5-3-8)13(14,15)16/h2-7H,1H3. The predicted octanol–water partition coefficient (Wildman–Crippen LogP) is 2.74. The molecule has 0 spiro atoms. The molecule has 1 aromatic carbocycles. The smallest absolute Gasteiger partial charge is 0.416 e. The number of rotatable bonds is 3. The largest absolute Gasteiger partial charge is 0.481 e. The van der Waals surface area contributed by atoms with Gasteiger partial charge >= 0.3 is 6.18 Å². The quantitative estimate of drug-likeness (QED) is 0.812. The minimum atomic E-state index is -4.43. The van der Waals surface area contributed by atoms with Crippen molar-refractivity contribution in [3.8, 4) is 5.88 Å². The highest BCUT2D eigenvalue weighted by Crippen LogP contribution is 2.29. The molecule has 4 nitrogen and oxygen atoms in total. The highest BCUT2D eigenvalue weighted by Gasteiger charge is 2.30. The lowest BCUT2D eigenvalue weighted by molar-refractivity contribution is -0.137. The number of hydrogen-bond donors (Lipinski definition) is 0. The Kier molecular flexibility index (Phi) is 3.69. The van der Waals surface area contributed by atoms with Crippen LogP contribution in [-0.2, 0) is 6.18 Å². The molecule has 20 heavy (non-hydrogen) atoms. The van der Waals surface area contributed by atoms with Gasteiger partial charge in [0.15, 0.2) is 0 Å². The molecule has 7 heteroatoms. The van der Waals surface area contributed by atoms with Gasteiger partial charge in [-0.15, -0.1) is 0 Å². The number of halogens is 3. The Morgan fingerprint density at radius 2 is 1.80 bits per heavy atom. The number of benzene rings is 1. The highest BCUT2D eigenvalue weighted by molar-refractivity contribution is 6.07. The van der Waals surface area contributed by atoms with Crippen molar-refractivity contribution in [3.05, 3.63) is 53.5 Å². The van der Waals surface area contributed by atoms with Gasteiger partial charge in [0.05, 0.1) is 12.7 Å². The van der Waals surface area contributed by atoms with Gasteiger partial charge in [0, 0.05) is 11.6 Å². The van der Waals surface area contributed by atoms with Gasteiger partial charge in [-0.1, -0.05) is 12.1 Å². The number of hydrogen-bond acceptors (Lipinski definition) is 4. The summed E-state index contributed by atoms with van der Waals surface area (Å²) in [5, 5.41) is 0. The molecule has 1 heterocycles. The molecule has 1 aromatic heterocycles. The van der Waals surface area contributed by atoms with Crippen LogP contribution >= 0.6 is 0 Å². The maximum absolute atomic E-state index is 12.4. The molecule has 0 atom stereocenters. The molecule has 0 saturated carbocycles. The van der Waals surface area contributed by atoms with Crippen LogP contribution in [0.4, 0.5) is 13.2 Å². The Labute approximate surface area is 112 Å². The zero-order valence-electron chi connectivity index (χ0n) is 10.3. The van der Waals surface area contributed by atoms with E-state index in [0.29, 0.717) is 0 Å². The topological polar surface area (TPSA) is 52.1 Å². The summed E-state index contributed by atoms with van der Waals surface area (Å²) < 4.78 is 42.1. The Hall–Kier alpha value is -2.44. The molecule has 0 unspecified atom stereocenters. The average Bonchev–Trinajstić information content (AvgIpc) is 2.46. The van der Waals surface area contributed by atoms with Crippen molar-refractivity contribution in [3.63, 3.8) is 0 Å². The fourth-order valence-electron chi connectivity index (χ4n) is 1.53. The van der Waals surface area contributed by atoms with Gasteiger partial charge in [-0.3, -0.25) is 4.79 Å². The van der Waals surface area contributed by atoms with Crippen LogP contribution in [0.2, 0.25) is 0 Å². The van der Waals surface area contributed by atoms with Crippen molar-refractivity contribution in [2.24, 2.45) is 0 Å². The molecule has 0 bridgehead atoms. The fraction of sp³-hybridized carbons (Fsp3) is 0.154. The first-order valence-electron chi connectivity index (χ1n) is 5.50. The third-order valence-corrected chi connectivity index (χ3v) is 2.56. The first-order valence-corrected chi connectivity index (χ1v) is 5.50. The van der Waals surface area contributed by atoms with Gasteiger partial charge in [0.25, 0.3) is 0 Å². The lowest BCUT2D eigenvalue weighted by Crippen LogP contribution is -2.08. The highest BCUT2D eigenvalue weighted by atomic mass is 19.4. The molecule has 0 aliphatic carbocycles. The lowest BCUT2D eigenvalue weighted by Gasteiger charge is -2.07. The number of ether oxygens (including phenoxy) is 1. The van der Waals surface area contributed by atoms with Crippen LogP contribution in [0.3, 0.4) is 0 Å². The van der Waals surface area contributed by atoms with E-state index < -0.39 is 17.5 Å². The zero-order valence-corrected chi connectivity index (χ0v) is 10.3. The number of nitrogens with zero attached hydrogens (tertiary/aromatic N) is 2. The van der Waals surface area contributed by atoms with E-state index in [4.69, 9.17) is 4.74 Å². The minimum absolute atomic E-state index is 0.0524. The monoisotopic (exact) mass is 282 g/mol. The third-order valence-electron chi connectivity index (χ3n) is 2.56. The van der Waals surface area contributed by atoms with E-state index in [9.17, 15) is 18.0 Å². The SMILES string of the molecule is COc1cc(C(=O)c2ccc(C(F)(F)F)cc2)ncn1. The Balaban J connectivity index is 2.29. The number of alkyl halides is 3. The molecule has 2 aromatic rings. The van der Waals surface area contributed by atoms with Crippen molar-refractivity contribution >= 4 is 5.78 Å². The zero-order chi connectivity index (χ0) is 14.8. The molecule has 0 aliphatic heterocycles. The normalized spacial score (nSPS) is 11.2. The van der Waals surface area contributed by atoms with E-state index in [1.807, 2.05) is 0 Å². The average molecular weight is 282 g/mol. The third kappa shape index (κ3) is 2.93. The van der Waals surface area contributed by atoms with Gasteiger partial charge in [-0.2, -0.15) is 13.2 Å². The van der Waals surface area contributed by atoms with E-state index in [1.54, 1.807) is 0 Å². The van der Waals surface area contributed by atoms with Crippen LogP contribution in [0.15, 0.2) is 36.7 Å². The minimum Gasteiger partial charge on any atom is -0.481 e. The molecule has 104 valence electrons. The van der Waals surface area contributed by atoms with E-state index >= 15 is 0 Å². The van der Waals surface area contributed by atoms with E-state index in [2.05, 4.69) is 9.97 Å². The van der Waals surface area contributed by atoms with E-state index in [0.717, 1.165) is 30.6 Å². The van der Waals surface area contributed by atoms with Crippen molar-refractivity contribution < 1.29 is 22.7 Å². The Morgan fingerprint density at radius 1 is 1.15 bits per heavy atom. The van der Waals surface area contributed by atoms with Crippen LogP contribution in [-0.4, -0.2) is 22.9 Å². The summed E-state index contributed by atoms with van der Waals surface area (Å²) in [6.45, 7) is 0. The van der Waals surface area contributed by atoms with Crippen LogP contribution in [0.25, 0.3) is 0 Å². The molecule has 0 aliphatic rings. The number of carbonyl (C=O) groups excluding carboxylic acids is 1. The second kappa shape index (κ2) is 5.28. The van der Waals surface area contributed by atoms with E-state index in [1.165, 1.54) is 13.2 Å². The summed E-state index contributed by atoms with van der Waals surface area (Å²) in [7, 11) is 1.38. The van der Waals surface area contributed by atoms with E-state index in [-0.39, 0.29) is 17.1 Å². The van der Waals surface area contributed by atoms with Gasteiger partial charge in [0.2, 0.25) is 11.7 Å². The first kappa shape index (κ1) is 14.0. The molecular weight excluding hydrogens is 273 g/mol. The Morgan fingerprint density at radius 3 is 2.35 bits per heavy atom.